The second-order valence-corrected chi connectivity index (χ2v) is 14.1. The van der Waals surface area contributed by atoms with E-state index < -0.39 is 49.4 Å². The third-order valence-electron chi connectivity index (χ3n) is 9.31. The smallest absolute Gasteiger partial charge is 0.306 e. The van der Waals surface area contributed by atoms with Gasteiger partial charge >= 0.3 is 11.9 Å². The summed E-state index contributed by atoms with van der Waals surface area (Å²) in [6.07, 6.45) is 26.2. The number of unbranched alkanes of at least 4 members (excludes halogenated alkanes) is 18. The zero-order chi connectivity index (χ0) is 37.4. The van der Waals surface area contributed by atoms with Gasteiger partial charge in [0.2, 0.25) is 0 Å². The van der Waals surface area contributed by atoms with Crippen molar-refractivity contribution in [2.45, 2.75) is 205 Å². The summed E-state index contributed by atoms with van der Waals surface area (Å²) >= 11 is 0. The van der Waals surface area contributed by atoms with Gasteiger partial charge in [-0.15, -0.1) is 0 Å². The van der Waals surface area contributed by atoms with Crippen LogP contribution in [0.25, 0.3) is 0 Å². The predicted molar refractivity (Wildman–Crippen MR) is 201 cm³/mol. The number of carbonyl (C=O) groups is 2. The number of carbonyl (C=O) groups excluding carboxylic acids is 2. The molecule has 0 aromatic heterocycles. The summed E-state index contributed by atoms with van der Waals surface area (Å²) in [6, 6.07) is 0. The second kappa shape index (κ2) is 32.8. The lowest BCUT2D eigenvalue weighted by Gasteiger charge is -2.39. The Labute approximate surface area is 309 Å². The molecule has 298 valence electrons. The van der Waals surface area contributed by atoms with E-state index in [1.54, 1.807) is 0 Å². The second-order valence-electron chi connectivity index (χ2n) is 14.1. The fourth-order valence-corrected chi connectivity index (χ4v) is 5.99. The first-order valence-corrected chi connectivity index (χ1v) is 20.4. The van der Waals surface area contributed by atoms with Crippen molar-refractivity contribution < 1.29 is 49.0 Å². The van der Waals surface area contributed by atoms with Crippen molar-refractivity contribution in [1.82, 2.24) is 0 Å². The van der Waals surface area contributed by atoms with E-state index in [0.717, 1.165) is 70.6 Å². The lowest BCUT2D eigenvalue weighted by molar-refractivity contribution is -0.305. The van der Waals surface area contributed by atoms with Crippen LogP contribution in [-0.4, -0.2) is 89.0 Å². The fraction of sp³-hybridized carbons (Fsp3) is 0.854. The lowest BCUT2D eigenvalue weighted by Crippen LogP contribution is -2.59. The number of allylic oxidation sites excluding steroid dienone is 4. The maximum absolute atomic E-state index is 12.7. The Kier molecular flexibility index (Phi) is 30.4. The number of hydrogen-bond acceptors (Lipinski definition) is 10. The number of aliphatic hydroxyl groups excluding tert-OH is 4. The van der Waals surface area contributed by atoms with Gasteiger partial charge in [-0.05, 0) is 57.8 Å². The van der Waals surface area contributed by atoms with Crippen molar-refractivity contribution in [2.75, 3.05) is 19.8 Å². The van der Waals surface area contributed by atoms with E-state index in [2.05, 4.69) is 38.2 Å². The number of hydrogen-bond donors (Lipinski definition) is 4. The Bertz CT molecular complexity index is 892. The van der Waals surface area contributed by atoms with Gasteiger partial charge in [0.05, 0.1) is 13.2 Å². The van der Waals surface area contributed by atoms with E-state index in [-0.39, 0.29) is 32.0 Å². The molecule has 0 saturated carbocycles. The van der Waals surface area contributed by atoms with Gasteiger partial charge < -0.3 is 39.4 Å². The lowest BCUT2D eigenvalue weighted by atomic mass is 9.99. The van der Waals surface area contributed by atoms with Crippen LogP contribution in [0.15, 0.2) is 24.3 Å². The summed E-state index contributed by atoms with van der Waals surface area (Å²) in [4.78, 5) is 25.2. The molecule has 6 atom stereocenters. The summed E-state index contributed by atoms with van der Waals surface area (Å²) in [6.45, 7) is 3.35. The zero-order valence-electron chi connectivity index (χ0n) is 32.1. The Morgan fingerprint density at radius 1 is 0.588 bits per heavy atom. The minimum absolute atomic E-state index is 0.219. The third kappa shape index (κ3) is 24.9. The van der Waals surface area contributed by atoms with Crippen molar-refractivity contribution in [2.24, 2.45) is 0 Å². The first kappa shape index (κ1) is 47.2. The van der Waals surface area contributed by atoms with E-state index in [1.807, 2.05) is 0 Å². The molecule has 0 bridgehead atoms. The summed E-state index contributed by atoms with van der Waals surface area (Å²) in [5.74, 6) is -0.828. The van der Waals surface area contributed by atoms with Crippen LogP contribution >= 0.6 is 0 Å². The molecule has 51 heavy (non-hydrogen) atoms. The van der Waals surface area contributed by atoms with Crippen LogP contribution in [0.5, 0.6) is 0 Å². The van der Waals surface area contributed by atoms with Gasteiger partial charge in [-0.2, -0.15) is 0 Å². The Hall–Kier alpha value is -1.82. The first-order chi connectivity index (χ1) is 24.8. The molecule has 1 saturated heterocycles. The third-order valence-corrected chi connectivity index (χ3v) is 9.31. The Morgan fingerprint density at radius 3 is 1.59 bits per heavy atom. The normalized spacial score (nSPS) is 21.4. The largest absolute Gasteiger partial charge is 0.462 e. The highest BCUT2D eigenvalue weighted by molar-refractivity contribution is 5.70. The molecular weight excluding hydrogens is 652 g/mol. The van der Waals surface area contributed by atoms with Gasteiger partial charge in [-0.25, -0.2) is 0 Å². The van der Waals surface area contributed by atoms with Crippen LogP contribution in [0.1, 0.15) is 168 Å². The van der Waals surface area contributed by atoms with Crippen molar-refractivity contribution >= 4 is 11.9 Å². The standard InChI is InChI=1S/C41H74O10/c1-3-5-7-9-11-13-15-16-17-18-20-22-24-26-28-30-37(44)50-34(33-49-41-40(47)39(46)38(45)35(31-42)51-41)32-48-36(43)29-27-25-23-21-19-14-12-10-8-6-4-2/h10,12,16-17,34-35,38-42,45-47H,3-9,11,13-15,18-33H2,1-2H3/b12-10-,17-16-. The van der Waals surface area contributed by atoms with E-state index >= 15 is 0 Å². The van der Waals surface area contributed by atoms with Gasteiger partial charge in [0.1, 0.15) is 31.0 Å². The average Bonchev–Trinajstić information content (AvgIpc) is 3.13. The maximum Gasteiger partial charge on any atom is 0.306 e. The molecule has 4 N–H and O–H groups in total. The molecule has 1 fully saturated rings. The molecule has 0 aromatic rings. The molecule has 10 nitrogen and oxygen atoms in total. The molecule has 0 radical (unpaired) electrons. The Balaban J connectivity index is 2.38. The summed E-state index contributed by atoms with van der Waals surface area (Å²) in [5.41, 5.74) is 0. The number of ether oxygens (including phenoxy) is 4. The zero-order valence-corrected chi connectivity index (χ0v) is 32.1. The Morgan fingerprint density at radius 2 is 1.06 bits per heavy atom. The average molecular weight is 727 g/mol. The van der Waals surface area contributed by atoms with E-state index in [4.69, 9.17) is 18.9 Å². The van der Waals surface area contributed by atoms with Crippen LogP contribution in [0.3, 0.4) is 0 Å². The van der Waals surface area contributed by atoms with E-state index in [0.29, 0.717) is 12.8 Å². The summed E-state index contributed by atoms with van der Waals surface area (Å²) in [7, 11) is 0. The van der Waals surface area contributed by atoms with Gasteiger partial charge in [0.15, 0.2) is 12.4 Å². The SMILES string of the molecule is CCCC/C=C\CCCCCCCC(=O)OCC(COC1OC(CO)C(O)C(O)C1O)OC(=O)CCCCCCC/C=C\CCCCCCCC. The van der Waals surface area contributed by atoms with Crippen molar-refractivity contribution in [3.8, 4) is 0 Å². The van der Waals surface area contributed by atoms with Crippen LogP contribution in [-0.2, 0) is 28.5 Å². The van der Waals surface area contributed by atoms with Crippen LogP contribution in [0.2, 0.25) is 0 Å². The number of aliphatic hydroxyl groups is 4. The minimum Gasteiger partial charge on any atom is -0.462 e. The van der Waals surface area contributed by atoms with Crippen LogP contribution in [0, 0.1) is 0 Å². The molecule has 6 unspecified atom stereocenters. The molecule has 1 heterocycles. The van der Waals surface area contributed by atoms with Crippen molar-refractivity contribution in [1.29, 1.82) is 0 Å². The minimum atomic E-state index is -1.59. The molecule has 1 rings (SSSR count). The van der Waals surface area contributed by atoms with Gasteiger partial charge in [0.25, 0.3) is 0 Å². The molecule has 0 aliphatic carbocycles. The molecule has 1 aliphatic heterocycles. The highest BCUT2D eigenvalue weighted by Gasteiger charge is 2.44. The highest BCUT2D eigenvalue weighted by atomic mass is 16.7. The molecule has 1 aliphatic rings. The van der Waals surface area contributed by atoms with Crippen molar-refractivity contribution in [3.05, 3.63) is 24.3 Å². The highest BCUT2D eigenvalue weighted by Crippen LogP contribution is 2.22. The molecule has 10 heteroatoms. The molecule has 0 aromatic carbocycles. The fourth-order valence-electron chi connectivity index (χ4n) is 5.99. The van der Waals surface area contributed by atoms with E-state index in [1.165, 1.54) is 57.8 Å². The quantitative estimate of drug-likeness (QED) is 0.0300. The van der Waals surface area contributed by atoms with E-state index in [9.17, 15) is 30.0 Å². The maximum atomic E-state index is 12.7. The summed E-state index contributed by atoms with van der Waals surface area (Å²) < 4.78 is 22.1. The van der Waals surface area contributed by atoms with Gasteiger partial charge in [0, 0.05) is 12.8 Å². The summed E-state index contributed by atoms with van der Waals surface area (Å²) in [5, 5.41) is 39.9. The monoisotopic (exact) mass is 727 g/mol. The van der Waals surface area contributed by atoms with Gasteiger partial charge in [-0.3, -0.25) is 9.59 Å². The first-order valence-electron chi connectivity index (χ1n) is 20.4. The number of esters is 2. The molecule has 0 amide bonds. The molecular formula is C41H74O10. The molecule has 0 spiro atoms. The van der Waals surface area contributed by atoms with Gasteiger partial charge in [-0.1, -0.05) is 122 Å². The van der Waals surface area contributed by atoms with Crippen LogP contribution < -0.4 is 0 Å². The predicted octanol–water partition coefficient (Wildman–Crippen LogP) is 7.77. The number of rotatable bonds is 33. The topological polar surface area (TPSA) is 152 Å². The van der Waals surface area contributed by atoms with Crippen LogP contribution in [0.4, 0.5) is 0 Å². The van der Waals surface area contributed by atoms with Crippen molar-refractivity contribution in [3.63, 3.8) is 0 Å².